The number of benzene rings is 1. The number of thioether (sulfide) groups is 1. The van der Waals surface area contributed by atoms with Crippen molar-refractivity contribution in [2.75, 3.05) is 6.26 Å². The molecule has 19 heavy (non-hydrogen) atoms. The zero-order valence-electron chi connectivity index (χ0n) is 10.2. The van der Waals surface area contributed by atoms with Crippen molar-refractivity contribution in [2.24, 2.45) is 5.84 Å². The molecule has 0 aliphatic heterocycles. The maximum absolute atomic E-state index is 11.3. The molecule has 3 N–H and O–H groups in total. The standard InChI is InChI=1S/C12H12N4O2S/c1-19-12-14-7-6-10(15-12)18-9-4-2-8(3-5-9)11(17)16-13/h2-7H,13H2,1H3,(H,16,17). The van der Waals surface area contributed by atoms with E-state index in [2.05, 4.69) is 15.4 Å². The van der Waals surface area contributed by atoms with E-state index in [4.69, 9.17) is 10.6 Å². The van der Waals surface area contributed by atoms with Crippen molar-refractivity contribution in [3.8, 4) is 11.6 Å². The number of nitrogens with one attached hydrogen (secondary N) is 1. The first-order chi connectivity index (χ1) is 9.22. The second-order valence-corrected chi connectivity index (χ2v) is 4.25. The lowest BCUT2D eigenvalue weighted by molar-refractivity contribution is 0.0953. The van der Waals surface area contributed by atoms with Gasteiger partial charge in [0.1, 0.15) is 5.75 Å². The number of nitrogens with zero attached hydrogens (tertiary/aromatic N) is 2. The van der Waals surface area contributed by atoms with Gasteiger partial charge in [0, 0.05) is 17.8 Å². The highest BCUT2D eigenvalue weighted by molar-refractivity contribution is 7.98. The number of carbonyl (C=O) groups excluding carboxylic acids is 1. The number of nitrogen functional groups attached to an aromatic ring is 1. The number of hydrazine groups is 1. The summed E-state index contributed by atoms with van der Waals surface area (Å²) in [6.45, 7) is 0. The molecule has 0 aliphatic rings. The van der Waals surface area contributed by atoms with Crippen molar-refractivity contribution in [1.82, 2.24) is 15.4 Å². The molecule has 0 saturated heterocycles. The Morgan fingerprint density at radius 2 is 2.05 bits per heavy atom. The van der Waals surface area contributed by atoms with Crippen LogP contribution in [0.4, 0.5) is 0 Å². The predicted molar refractivity (Wildman–Crippen MR) is 72.0 cm³/mol. The molecule has 1 heterocycles. The number of ether oxygens (including phenoxy) is 1. The topological polar surface area (TPSA) is 90.1 Å². The van der Waals surface area contributed by atoms with Crippen LogP contribution >= 0.6 is 11.8 Å². The van der Waals surface area contributed by atoms with E-state index < -0.39 is 0 Å². The largest absolute Gasteiger partial charge is 0.439 e. The molecule has 0 atom stereocenters. The molecule has 1 aromatic heterocycles. The van der Waals surface area contributed by atoms with Gasteiger partial charge in [-0.3, -0.25) is 10.2 Å². The molecule has 0 fully saturated rings. The fourth-order valence-electron chi connectivity index (χ4n) is 1.36. The van der Waals surface area contributed by atoms with E-state index in [1.807, 2.05) is 6.26 Å². The van der Waals surface area contributed by atoms with E-state index in [9.17, 15) is 4.79 Å². The molecule has 7 heteroatoms. The minimum atomic E-state index is -0.349. The van der Waals surface area contributed by atoms with Gasteiger partial charge in [-0.25, -0.2) is 10.8 Å². The third-order valence-electron chi connectivity index (χ3n) is 2.26. The van der Waals surface area contributed by atoms with Gasteiger partial charge in [-0.2, -0.15) is 4.98 Å². The normalized spacial score (nSPS) is 10.0. The van der Waals surface area contributed by atoms with Crippen molar-refractivity contribution >= 4 is 17.7 Å². The Bertz CT molecular complexity index is 574. The van der Waals surface area contributed by atoms with Crippen LogP contribution < -0.4 is 16.0 Å². The maximum atomic E-state index is 11.3. The number of carbonyl (C=O) groups is 1. The Hall–Kier alpha value is -2.12. The Morgan fingerprint density at radius 1 is 1.32 bits per heavy atom. The average molecular weight is 276 g/mol. The minimum absolute atomic E-state index is 0.349. The number of hydrogen-bond donors (Lipinski definition) is 2. The van der Waals surface area contributed by atoms with Crippen molar-refractivity contribution in [2.45, 2.75) is 5.16 Å². The third kappa shape index (κ3) is 3.43. The van der Waals surface area contributed by atoms with Gasteiger partial charge in [-0.1, -0.05) is 11.8 Å². The maximum Gasteiger partial charge on any atom is 0.265 e. The molecule has 0 unspecified atom stereocenters. The van der Waals surface area contributed by atoms with E-state index in [-0.39, 0.29) is 5.91 Å². The van der Waals surface area contributed by atoms with Gasteiger partial charge < -0.3 is 4.74 Å². The number of aromatic nitrogens is 2. The van der Waals surface area contributed by atoms with E-state index in [0.29, 0.717) is 22.3 Å². The summed E-state index contributed by atoms with van der Waals surface area (Å²) in [7, 11) is 0. The van der Waals surface area contributed by atoms with Crippen LogP contribution in [0, 0.1) is 0 Å². The summed E-state index contributed by atoms with van der Waals surface area (Å²) in [6.07, 6.45) is 3.52. The van der Waals surface area contributed by atoms with E-state index in [1.54, 1.807) is 36.5 Å². The van der Waals surface area contributed by atoms with Crippen LogP contribution in [0.1, 0.15) is 10.4 Å². The molecule has 0 radical (unpaired) electrons. The molecular weight excluding hydrogens is 264 g/mol. The van der Waals surface area contributed by atoms with Gasteiger partial charge >= 0.3 is 0 Å². The first-order valence-corrected chi connectivity index (χ1v) is 6.61. The van der Waals surface area contributed by atoms with Crippen molar-refractivity contribution in [1.29, 1.82) is 0 Å². The van der Waals surface area contributed by atoms with Crippen LogP contribution in [0.3, 0.4) is 0 Å². The molecule has 1 amide bonds. The summed E-state index contributed by atoms with van der Waals surface area (Å²) in [4.78, 5) is 19.5. The molecule has 2 rings (SSSR count). The molecule has 0 bridgehead atoms. The fraction of sp³-hybridized carbons (Fsp3) is 0.0833. The highest BCUT2D eigenvalue weighted by Crippen LogP contribution is 2.21. The summed E-state index contributed by atoms with van der Waals surface area (Å²) in [6, 6.07) is 8.25. The van der Waals surface area contributed by atoms with E-state index in [0.717, 1.165) is 0 Å². The summed E-state index contributed by atoms with van der Waals surface area (Å²) >= 11 is 1.43. The quantitative estimate of drug-likeness (QED) is 0.290. The van der Waals surface area contributed by atoms with Crippen LogP contribution in [0.2, 0.25) is 0 Å². The van der Waals surface area contributed by atoms with Gasteiger partial charge in [0.25, 0.3) is 5.91 Å². The van der Waals surface area contributed by atoms with Gasteiger partial charge in [-0.05, 0) is 30.5 Å². The molecule has 0 spiro atoms. The van der Waals surface area contributed by atoms with Crippen LogP contribution in [0.5, 0.6) is 11.6 Å². The highest BCUT2D eigenvalue weighted by Gasteiger charge is 2.05. The number of rotatable bonds is 4. The van der Waals surface area contributed by atoms with Gasteiger partial charge in [0.15, 0.2) is 5.16 Å². The lowest BCUT2D eigenvalue weighted by Gasteiger charge is -2.06. The van der Waals surface area contributed by atoms with Crippen LogP contribution in [0.25, 0.3) is 0 Å². The van der Waals surface area contributed by atoms with Crippen molar-refractivity contribution in [3.63, 3.8) is 0 Å². The molecule has 6 nitrogen and oxygen atoms in total. The second-order valence-electron chi connectivity index (χ2n) is 3.48. The van der Waals surface area contributed by atoms with Crippen LogP contribution in [-0.4, -0.2) is 22.1 Å². The molecule has 0 aliphatic carbocycles. The summed E-state index contributed by atoms with van der Waals surface area (Å²) in [5, 5.41) is 0.636. The minimum Gasteiger partial charge on any atom is -0.439 e. The number of nitrogens with two attached hydrogens (primary N) is 1. The monoisotopic (exact) mass is 276 g/mol. The lowest BCUT2D eigenvalue weighted by atomic mass is 10.2. The van der Waals surface area contributed by atoms with Gasteiger partial charge in [0.05, 0.1) is 0 Å². The summed E-state index contributed by atoms with van der Waals surface area (Å²) in [5.41, 5.74) is 2.52. The van der Waals surface area contributed by atoms with E-state index >= 15 is 0 Å². The molecule has 2 aromatic rings. The Balaban J connectivity index is 2.12. The SMILES string of the molecule is CSc1nccc(Oc2ccc(C(=O)NN)cc2)n1. The Morgan fingerprint density at radius 3 is 2.68 bits per heavy atom. The van der Waals surface area contributed by atoms with Crippen LogP contribution in [-0.2, 0) is 0 Å². The third-order valence-corrected chi connectivity index (χ3v) is 2.82. The smallest absolute Gasteiger partial charge is 0.265 e. The average Bonchev–Trinajstić information content (AvgIpc) is 2.47. The zero-order valence-corrected chi connectivity index (χ0v) is 11.0. The highest BCUT2D eigenvalue weighted by atomic mass is 32.2. The molecule has 0 saturated carbocycles. The Kier molecular flexibility index (Phi) is 4.32. The Labute approximate surface area is 114 Å². The molecular formula is C12H12N4O2S. The lowest BCUT2D eigenvalue weighted by Crippen LogP contribution is -2.29. The zero-order chi connectivity index (χ0) is 13.7. The van der Waals surface area contributed by atoms with Crippen molar-refractivity contribution in [3.05, 3.63) is 42.1 Å². The van der Waals surface area contributed by atoms with E-state index in [1.165, 1.54) is 11.8 Å². The first-order valence-electron chi connectivity index (χ1n) is 5.39. The first kappa shape index (κ1) is 13.3. The summed E-state index contributed by atoms with van der Waals surface area (Å²) in [5.74, 6) is 5.74. The van der Waals surface area contributed by atoms with Gasteiger partial charge in [0.2, 0.25) is 5.88 Å². The number of hydrogen-bond acceptors (Lipinski definition) is 6. The molecule has 1 aromatic carbocycles. The fourth-order valence-corrected chi connectivity index (χ4v) is 1.71. The number of amides is 1. The summed E-state index contributed by atoms with van der Waals surface area (Å²) < 4.78 is 5.56. The van der Waals surface area contributed by atoms with Crippen molar-refractivity contribution < 1.29 is 9.53 Å². The predicted octanol–water partition coefficient (Wildman–Crippen LogP) is 1.59. The molecule has 98 valence electrons. The van der Waals surface area contributed by atoms with Crippen LogP contribution in [0.15, 0.2) is 41.7 Å². The second kappa shape index (κ2) is 6.17. The van der Waals surface area contributed by atoms with Gasteiger partial charge in [-0.15, -0.1) is 0 Å².